The Morgan fingerprint density at radius 2 is 1.80 bits per heavy atom. The third kappa shape index (κ3) is 5.25. The lowest BCUT2D eigenvalue weighted by atomic mass is 10.2. The van der Waals surface area contributed by atoms with Crippen LogP contribution in [0.15, 0.2) is 59.5 Å². The van der Waals surface area contributed by atoms with Crippen molar-refractivity contribution in [3.8, 4) is 0 Å². The molecule has 1 fully saturated rings. The predicted molar refractivity (Wildman–Crippen MR) is 103 cm³/mol. The fourth-order valence-electron chi connectivity index (χ4n) is 2.74. The van der Waals surface area contributed by atoms with Crippen molar-refractivity contribution in [2.75, 3.05) is 31.2 Å². The van der Waals surface area contributed by atoms with Gasteiger partial charge in [0.2, 0.25) is 5.91 Å². The largest absolute Gasteiger partial charge is 0.378 e. The van der Waals surface area contributed by atoms with E-state index in [1.165, 1.54) is 5.69 Å². The summed E-state index contributed by atoms with van der Waals surface area (Å²) in [6.07, 6.45) is 0. The highest BCUT2D eigenvalue weighted by Crippen LogP contribution is 2.23. The van der Waals surface area contributed by atoms with Gasteiger partial charge in [-0.05, 0) is 36.8 Å². The Balaban J connectivity index is 1.48. The van der Waals surface area contributed by atoms with E-state index in [9.17, 15) is 4.79 Å². The summed E-state index contributed by atoms with van der Waals surface area (Å²) in [7, 11) is 0. The minimum absolute atomic E-state index is 0.0612. The van der Waals surface area contributed by atoms with Gasteiger partial charge in [-0.1, -0.05) is 30.3 Å². The molecule has 0 unspecified atom stereocenters. The second-order valence-electron chi connectivity index (χ2n) is 6.06. The number of benzene rings is 2. The van der Waals surface area contributed by atoms with Crippen molar-refractivity contribution < 1.29 is 9.53 Å². The van der Waals surface area contributed by atoms with Gasteiger partial charge in [0, 0.05) is 30.2 Å². The van der Waals surface area contributed by atoms with Crippen LogP contribution in [-0.2, 0) is 16.1 Å². The average Bonchev–Trinajstić information content (AvgIpc) is 2.68. The molecule has 1 aliphatic heterocycles. The Morgan fingerprint density at radius 1 is 1.12 bits per heavy atom. The summed E-state index contributed by atoms with van der Waals surface area (Å²) < 4.78 is 5.38. The Labute approximate surface area is 153 Å². The molecule has 4 nitrogen and oxygen atoms in total. The SMILES string of the molecule is C[C@H](Sc1ccccc1)C(=O)NCc1ccc(N2CCOCC2)cc1. The fourth-order valence-corrected chi connectivity index (χ4v) is 3.65. The summed E-state index contributed by atoms with van der Waals surface area (Å²) in [4.78, 5) is 15.7. The Hall–Kier alpha value is -1.98. The maximum atomic E-state index is 12.3. The highest BCUT2D eigenvalue weighted by molar-refractivity contribution is 8.00. The number of thioether (sulfide) groups is 1. The second-order valence-corrected chi connectivity index (χ2v) is 7.47. The van der Waals surface area contributed by atoms with E-state index < -0.39 is 0 Å². The van der Waals surface area contributed by atoms with Crippen molar-refractivity contribution in [1.82, 2.24) is 5.32 Å². The number of carbonyl (C=O) groups excluding carboxylic acids is 1. The topological polar surface area (TPSA) is 41.6 Å². The smallest absolute Gasteiger partial charge is 0.233 e. The van der Waals surface area contributed by atoms with Gasteiger partial charge in [-0.25, -0.2) is 0 Å². The summed E-state index contributed by atoms with van der Waals surface area (Å²) in [5.41, 5.74) is 2.33. The van der Waals surface area contributed by atoms with E-state index in [1.54, 1.807) is 11.8 Å². The lowest BCUT2D eigenvalue weighted by Crippen LogP contribution is -2.36. The van der Waals surface area contributed by atoms with Gasteiger partial charge in [0.15, 0.2) is 0 Å². The third-order valence-corrected chi connectivity index (χ3v) is 5.32. The molecule has 1 N–H and O–H groups in total. The van der Waals surface area contributed by atoms with E-state index in [4.69, 9.17) is 4.74 Å². The van der Waals surface area contributed by atoms with Crippen LogP contribution in [0.3, 0.4) is 0 Å². The summed E-state index contributed by atoms with van der Waals surface area (Å²) in [6.45, 7) is 5.94. The first-order chi connectivity index (χ1) is 12.2. The van der Waals surface area contributed by atoms with Crippen LogP contribution in [0.25, 0.3) is 0 Å². The molecule has 2 aromatic carbocycles. The molecule has 132 valence electrons. The minimum Gasteiger partial charge on any atom is -0.378 e. The number of amides is 1. The Kier molecular flexibility index (Phi) is 6.36. The molecule has 1 saturated heterocycles. The van der Waals surface area contributed by atoms with Gasteiger partial charge in [-0.2, -0.15) is 0 Å². The first-order valence-electron chi connectivity index (χ1n) is 8.63. The predicted octanol–water partition coefficient (Wildman–Crippen LogP) is 3.32. The van der Waals surface area contributed by atoms with Gasteiger partial charge in [0.05, 0.1) is 18.5 Å². The van der Waals surface area contributed by atoms with E-state index in [0.29, 0.717) is 6.54 Å². The molecular formula is C20H24N2O2S. The first-order valence-corrected chi connectivity index (χ1v) is 9.51. The van der Waals surface area contributed by atoms with Gasteiger partial charge >= 0.3 is 0 Å². The van der Waals surface area contributed by atoms with Crippen molar-refractivity contribution in [2.45, 2.75) is 23.6 Å². The van der Waals surface area contributed by atoms with E-state index in [-0.39, 0.29) is 11.2 Å². The van der Waals surface area contributed by atoms with Gasteiger partial charge < -0.3 is 15.0 Å². The van der Waals surface area contributed by atoms with E-state index >= 15 is 0 Å². The number of anilines is 1. The van der Waals surface area contributed by atoms with Gasteiger partial charge in [0.25, 0.3) is 0 Å². The molecule has 0 bridgehead atoms. The normalized spacial score (nSPS) is 15.6. The van der Waals surface area contributed by atoms with Gasteiger partial charge in [-0.15, -0.1) is 11.8 Å². The zero-order valence-electron chi connectivity index (χ0n) is 14.5. The summed E-state index contributed by atoms with van der Waals surface area (Å²) in [5.74, 6) is 0.0612. The number of nitrogens with zero attached hydrogens (tertiary/aromatic N) is 1. The number of morpholine rings is 1. The fraction of sp³-hybridized carbons (Fsp3) is 0.350. The number of rotatable bonds is 6. The van der Waals surface area contributed by atoms with Crippen molar-refractivity contribution in [3.05, 3.63) is 60.2 Å². The number of carbonyl (C=O) groups is 1. The molecule has 5 heteroatoms. The van der Waals surface area contributed by atoms with Crippen LogP contribution in [0.4, 0.5) is 5.69 Å². The standard InChI is InChI=1S/C20H24N2O2S/c1-16(25-19-5-3-2-4-6-19)20(23)21-15-17-7-9-18(10-8-17)22-11-13-24-14-12-22/h2-10,16H,11-15H2,1H3,(H,21,23)/t16-/m0/s1. The molecule has 2 aromatic rings. The van der Waals surface area contributed by atoms with Crippen LogP contribution >= 0.6 is 11.8 Å². The summed E-state index contributed by atoms with van der Waals surface area (Å²) in [6, 6.07) is 18.4. The molecule has 0 spiro atoms. The molecule has 3 rings (SSSR count). The van der Waals surface area contributed by atoms with Crippen LogP contribution < -0.4 is 10.2 Å². The second kappa shape index (κ2) is 8.92. The number of ether oxygens (including phenoxy) is 1. The van der Waals surface area contributed by atoms with Crippen molar-refractivity contribution in [3.63, 3.8) is 0 Å². The quantitative estimate of drug-likeness (QED) is 0.806. The number of nitrogens with one attached hydrogen (secondary N) is 1. The van der Waals surface area contributed by atoms with Crippen LogP contribution in [0.5, 0.6) is 0 Å². The summed E-state index contributed by atoms with van der Waals surface area (Å²) in [5, 5.41) is 2.91. The monoisotopic (exact) mass is 356 g/mol. The lowest BCUT2D eigenvalue weighted by Gasteiger charge is -2.28. The number of hydrogen-bond donors (Lipinski definition) is 1. The number of hydrogen-bond acceptors (Lipinski definition) is 4. The molecule has 25 heavy (non-hydrogen) atoms. The zero-order valence-corrected chi connectivity index (χ0v) is 15.3. The third-order valence-electron chi connectivity index (χ3n) is 4.20. The van der Waals surface area contributed by atoms with E-state index in [1.807, 2.05) is 37.3 Å². The highest BCUT2D eigenvalue weighted by atomic mass is 32.2. The molecule has 1 amide bonds. The van der Waals surface area contributed by atoms with Crippen molar-refractivity contribution >= 4 is 23.4 Å². The molecule has 1 heterocycles. The minimum atomic E-state index is -0.116. The maximum absolute atomic E-state index is 12.3. The molecule has 1 aliphatic rings. The van der Waals surface area contributed by atoms with Crippen LogP contribution in [0.2, 0.25) is 0 Å². The Morgan fingerprint density at radius 3 is 2.48 bits per heavy atom. The first kappa shape index (κ1) is 17.8. The van der Waals surface area contributed by atoms with Crippen molar-refractivity contribution in [1.29, 1.82) is 0 Å². The summed E-state index contributed by atoms with van der Waals surface area (Å²) >= 11 is 1.58. The van der Waals surface area contributed by atoms with Gasteiger partial charge in [0.1, 0.15) is 0 Å². The van der Waals surface area contributed by atoms with Crippen LogP contribution in [0.1, 0.15) is 12.5 Å². The molecule has 0 aliphatic carbocycles. The Bertz CT molecular complexity index is 670. The zero-order chi connectivity index (χ0) is 17.5. The van der Waals surface area contributed by atoms with E-state index in [2.05, 4.69) is 34.5 Å². The van der Waals surface area contributed by atoms with Crippen LogP contribution in [0, 0.1) is 0 Å². The van der Waals surface area contributed by atoms with Crippen molar-refractivity contribution in [2.24, 2.45) is 0 Å². The van der Waals surface area contributed by atoms with E-state index in [0.717, 1.165) is 36.8 Å². The molecule has 0 saturated carbocycles. The molecule has 1 atom stereocenters. The molecular weight excluding hydrogens is 332 g/mol. The average molecular weight is 356 g/mol. The van der Waals surface area contributed by atoms with Crippen LogP contribution in [-0.4, -0.2) is 37.5 Å². The highest BCUT2D eigenvalue weighted by Gasteiger charge is 2.14. The lowest BCUT2D eigenvalue weighted by molar-refractivity contribution is -0.120. The molecule has 0 radical (unpaired) electrons. The van der Waals surface area contributed by atoms with Gasteiger partial charge in [-0.3, -0.25) is 4.79 Å². The molecule has 0 aromatic heterocycles. The maximum Gasteiger partial charge on any atom is 0.233 e.